The normalized spacial score (nSPS) is 20.7. The maximum atomic E-state index is 11.1. The number of anilines is 1. The van der Waals surface area contributed by atoms with Crippen LogP contribution in [0, 0.1) is 0 Å². The molecule has 1 aromatic heterocycles. The van der Waals surface area contributed by atoms with E-state index in [1.165, 1.54) is 6.20 Å². The molecule has 5 nitrogen and oxygen atoms in total. The van der Waals surface area contributed by atoms with E-state index in [0.29, 0.717) is 11.4 Å². The summed E-state index contributed by atoms with van der Waals surface area (Å²) < 4.78 is 15.6. The van der Waals surface area contributed by atoms with Gasteiger partial charge in [0, 0.05) is 6.20 Å². The van der Waals surface area contributed by atoms with Crippen LogP contribution in [0.3, 0.4) is 0 Å². The summed E-state index contributed by atoms with van der Waals surface area (Å²) in [5, 5.41) is 0. The van der Waals surface area contributed by atoms with Crippen LogP contribution < -0.4 is 9.44 Å². The highest BCUT2D eigenvalue weighted by molar-refractivity contribution is 7.85. The van der Waals surface area contributed by atoms with Crippen molar-refractivity contribution >= 4 is 22.9 Å². The van der Waals surface area contributed by atoms with Gasteiger partial charge in [0.2, 0.25) is 11.2 Å². The van der Waals surface area contributed by atoms with Crippen molar-refractivity contribution in [2.24, 2.45) is 0 Å². The first kappa shape index (κ1) is 7.23. The van der Waals surface area contributed by atoms with Gasteiger partial charge in [-0.25, -0.2) is 9.19 Å². The zero-order chi connectivity index (χ0) is 8.55. The maximum absolute atomic E-state index is 11.1. The molecule has 1 aliphatic heterocycles. The third-order valence-electron chi connectivity index (χ3n) is 1.43. The Balaban J connectivity index is 2.54. The molecule has 2 rings (SSSR count). The molecule has 0 unspecified atom stereocenters. The Kier molecular flexibility index (Phi) is 1.54. The zero-order valence-electron chi connectivity index (χ0n) is 5.90. The SMILES string of the molecule is O=C1N[S@](=O)Nc2ncccc21. The van der Waals surface area contributed by atoms with Gasteiger partial charge in [-0.1, -0.05) is 0 Å². The number of hydrogen-bond donors (Lipinski definition) is 2. The van der Waals surface area contributed by atoms with Gasteiger partial charge in [0.1, 0.15) is 0 Å². The van der Waals surface area contributed by atoms with Gasteiger partial charge in [0.15, 0.2) is 5.82 Å². The van der Waals surface area contributed by atoms with E-state index < -0.39 is 11.2 Å². The van der Waals surface area contributed by atoms with Crippen LogP contribution in [-0.4, -0.2) is 15.1 Å². The molecule has 0 bridgehead atoms. The van der Waals surface area contributed by atoms with Crippen molar-refractivity contribution in [3.8, 4) is 0 Å². The minimum absolute atomic E-state index is 0.361. The molecule has 0 spiro atoms. The standard InChI is InChI=1S/C6H5N3O2S/c10-6-4-2-1-3-7-5(4)8-12(11)9-6/h1-3H,(H,7,8)(H,9,10)/t12-/m1/s1. The molecule has 0 aromatic carbocycles. The van der Waals surface area contributed by atoms with E-state index >= 15 is 0 Å². The summed E-state index contributed by atoms with van der Waals surface area (Å²) in [4.78, 5) is 15.0. The minimum Gasteiger partial charge on any atom is -0.271 e. The monoisotopic (exact) mass is 183 g/mol. The summed E-state index contributed by atoms with van der Waals surface area (Å²) in [5.41, 5.74) is 0.414. The number of carbonyl (C=O) groups is 1. The van der Waals surface area contributed by atoms with Crippen molar-refractivity contribution in [1.82, 2.24) is 9.71 Å². The number of aromatic nitrogens is 1. The van der Waals surface area contributed by atoms with Crippen molar-refractivity contribution in [2.75, 3.05) is 4.72 Å². The third-order valence-corrected chi connectivity index (χ3v) is 2.18. The van der Waals surface area contributed by atoms with Crippen LogP contribution in [0.2, 0.25) is 0 Å². The summed E-state index contributed by atoms with van der Waals surface area (Å²) in [6, 6.07) is 3.26. The fourth-order valence-corrected chi connectivity index (χ4v) is 1.59. The molecular weight excluding hydrogens is 178 g/mol. The van der Waals surface area contributed by atoms with Crippen molar-refractivity contribution < 1.29 is 9.00 Å². The number of rotatable bonds is 0. The van der Waals surface area contributed by atoms with Gasteiger partial charge >= 0.3 is 0 Å². The molecule has 62 valence electrons. The number of carbonyl (C=O) groups excluding carboxylic acids is 1. The number of amides is 1. The molecule has 0 saturated heterocycles. The van der Waals surface area contributed by atoms with Gasteiger partial charge in [-0.2, -0.15) is 0 Å². The Hall–Kier alpha value is -1.43. The van der Waals surface area contributed by atoms with Crippen LogP contribution in [0.15, 0.2) is 18.3 Å². The van der Waals surface area contributed by atoms with Crippen molar-refractivity contribution in [3.63, 3.8) is 0 Å². The average Bonchev–Trinajstić information content (AvgIpc) is 2.04. The van der Waals surface area contributed by atoms with Crippen LogP contribution in [0.5, 0.6) is 0 Å². The van der Waals surface area contributed by atoms with Crippen LogP contribution in [0.25, 0.3) is 0 Å². The molecule has 1 amide bonds. The topological polar surface area (TPSA) is 71.1 Å². The number of hydrogen-bond acceptors (Lipinski definition) is 3. The lowest BCUT2D eigenvalue weighted by Gasteiger charge is -2.14. The number of pyridine rings is 1. The van der Waals surface area contributed by atoms with Gasteiger partial charge in [-0.15, -0.1) is 0 Å². The zero-order valence-corrected chi connectivity index (χ0v) is 6.72. The van der Waals surface area contributed by atoms with E-state index in [4.69, 9.17) is 0 Å². The second-order valence-electron chi connectivity index (χ2n) is 2.20. The third kappa shape index (κ3) is 1.06. The predicted molar refractivity (Wildman–Crippen MR) is 43.5 cm³/mol. The van der Waals surface area contributed by atoms with Crippen LogP contribution >= 0.6 is 0 Å². The average molecular weight is 183 g/mol. The van der Waals surface area contributed by atoms with E-state index in [1.54, 1.807) is 12.1 Å². The summed E-state index contributed by atoms with van der Waals surface area (Å²) in [7, 11) is 0. The van der Waals surface area contributed by atoms with Crippen LogP contribution in [0.4, 0.5) is 5.82 Å². The summed E-state index contributed by atoms with van der Waals surface area (Å²) in [5.74, 6) is -0.00485. The van der Waals surface area contributed by atoms with Gasteiger partial charge < -0.3 is 0 Å². The molecule has 2 N–H and O–H groups in total. The number of nitrogens with one attached hydrogen (secondary N) is 2. The molecule has 6 heteroatoms. The fourth-order valence-electron chi connectivity index (χ4n) is 0.922. The Morgan fingerprint density at radius 1 is 1.42 bits per heavy atom. The quantitative estimate of drug-likeness (QED) is 0.586. The van der Waals surface area contributed by atoms with Crippen molar-refractivity contribution in [2.45, 2.75) is 0 Å². The molecule has 0 radical (unpaired) electrons. The molecule has 0 aliphatic carbocycles. The van der Waals surface area contributed by atoms with Gasteiger partial charge in [0.25, 0.3) is 5.91 Å². The van der Waals surface area contributed by atoms with Gasteiger partial charge in [-0.3, -0.25) is 14.2 Å². The largest absolute Gasteiger partial charge is 0.271 e. The summed E-state index contributed by atoms with van der Waals surface area (Å²) in [6.45, 7) is 0. The summed E-state index contributed by atoms with van der Waals surface area (Å²) in [6.07, 6.45) is 1.53. The van der Waals surface area contributed by atoms with E-state index in [-0.39, 0.29) is 5.91 Å². The van der Waals surface area contributed by atoms with E-state index in [2.05, 4.69) is 14.4 Å². The van der Waals surface area contributed by atoms with Crippen molar-refractivity contribution in [3.05, 3.63) is 23.9 Å². The molecule has 1 aromatic rings. The Bertz CT molecular complexity index is 366. The lowest BCUT2D eigenvalue weighted by molar-refractivity contribution is 0.0982. The molecule has 2 heterocycles. The van der Waals surface area contributed by atoms with Gasteiger partial charge in [0.05, 0.1) is 5.56 Å². The predicted octanol–water partition coefficient (Wildman–Crippen LogP) is -0.184. The molecule has 0 fully saturated rings. The first-order chi connectivity index (χ1) is 5.77. The molecule has 12 heavy (non-hydrogen) atoms. The lowest BCUT2D eigenvalue weighted by Crippen LogP contribution is -2.35. The molecular formula is C6H5N3O2S. The fraction of sp³-hybridized carbons (Fsp3) is 0. The summed E-state index contributed by atoms with van der Waals surface area (Å²) >= 11 is -1.54. The maximum Gasteiger partial charge on any atom is 0.268 e. The first-order valence-corrected chi connectivity index (χ1v) is 4.37. The van der Waals surface area contributed by atoms with E-state index in [9.17, 15) is 9.00 Å². The van der Waals surface area contributed by atoms with E-state index in [0.717, 1.165) is 0 Å². The van der Waals surface area contributed by atoms with Crippen LogP contribution in [-0.2, 0) is 11.2 Å². The van der Waals surface area contributed by atoms with Crippen molar-refractivity contribution in [1.29, 1.82) is 0 Å². The molecule has 0 saturated carbocycles. The Morgan fingerprint density at radius 3 is 3.08 bits per heavy atom. The number of nitrogens with zero attached hydrogens (tertiary/aromatic N) is 1. The van der Waals surface area contributed by atoms with E-state index in [1.807, 2.05) is 0 Å². The van der Waals surface area contributed by atoms with Crippen LogP contribution in [0.1, 0.15) is 10.4 Å². The highest BCUT2D eigenvalue weighted by Gasteiger charge is 2.20. The lowest BCUT2D eigenvalue weighted by atomic mass is 10.2. The van der Waals surface area contributed by atoms with Gasteiger partial charge in [-0.05, 0) is 12.1 Å². The second-order valence-corrected chi connectivity index (χ2v) is 3.15. The molecule has 1 aliphatic rings. The minimum atomic E-state index is -1.54. The molecule has 1 atom stereocenters. The first-order valence-electron chi connectivity index (χ1n) is 3.22. The Morgan fingerprint density at radius 2 is 2.25 bits per heavy atom. The highest BCUT2D eigenvalue weighted by atomic mass is 32.2. The highest BCUT2D eigenvalue weighted by Crippen LogP contribution is 2.14. The Labute approximate surface area is 70.9 Å². The second kappa shape index (κ2) is 2.56. The number of fused-ring (bicyclic) bond motifs is 1. The smallest absolute Gasteiger partial charge is 0.268 e.